The van der Waals surface area contributed by atoms with Gasteiger partial charge in [-0.1, -0.05) is 30.3 Å². The highest BCUT2D eigenvalue weighted by molar-refractivity contribution is 5.89. The van der Waals surface area contributed by atoms with E-state index in [4.69, 9.17) is 9.84 Å². The summed E-state index contributed by atoms with van der Waals surface area (Å²) in [6.07, 6.45) is 0.818. The summed E-state index contributed by atoms with van der Waals surface area (Å²) in [5.41, 5.74) is 1.96. The van der Waals surface area contributed by atoms with Crippen molar-refractivity contribution >= 4 is 11.9 Å². The minimum atomic E-state index is -0.984. The Hall–Kier alpha value is -2.82. The van der Waals surface area contributed by atoms with Crippen LogP contribution in [0.1, 0.15) is 33.8 Å². The summed E-state index contributed by atoms with van der Waals surface area (Å²) in [6, 6.07) is 14.5. The van der Waals surface area contributed by atoms with Crippen LogP contribution in [0.3, 0.4) is 0 Å². The topological polar surface area (TPSA) is 75.6 Å². The molecule has 1 fully saturated rings. The zero-order chi connectivity index (χ0) is 17.1. The first-order chi connectivity index (χ1) is 11.6. The van der Waals surface area contributed by atoms with Crippen LogP contribution in [-0.4, -0.2) is 24.1 Å². The number of nitrogens with one attached hydrogen (secondary N) is 1. The number of hydrogen-bond donors (Lipinski definition) is 2. The van der Waals surface area contributed by atoms with Gasteiger partial charge in [-0.3, -0.25) is 4.79 Å². The zero-order valence-electron chi connectivity index (χ0n) is 13.4. The van der Waals surface area contributed by atoms with Gasteiger partial charge in [-0.05, 0) is 41.7 Å². The lowest BCUT2D eigenvalue weighted by atomic mass is 10.1. The Morgan fingerprint density at radius 2 is 1.88 bits per heavy atom. The number of carboxylic acid groups (broad SMARTS) is 1. The van der Waals surface area contributed by atoms with E-state index in [1.807, 2.05) is 24.3 Å². The molecule has 0 unspecified atom stereocenters. The van der Waals surface area contributed by atoms with Crippen molar-refractivity contribution < 1.29 is 19.4 Å². The van der Waals surface area contributed by atoms with Crippen LogP contribution in [0.2, 0.25) is 0 Å². The maximum atomic E-state index is 12.3. The first kappa shape index (κ1) is 16.1. The van der Waals surface area contributed by atoms with Crippen LogP contribution < -0.4 is 10.1 Å². The van der Waals surface area contributed by atoms with Crippen molar-refractivity contribution in [2.45, 2.75) is 18.9 Å². The third-order valence-electron chi connectivity index (χ3n) is 4.37. The highest BCUT2D eigenvalue weighted by Gasteiger charge is 2.43. The normalized spacial score (nSPS) is 18.7. The minimum Gasteiger partial charge on any atom is -0.497 e. The average Bonchev–Trinajstić information content (AvgIpc) is 3.40. The largest absolute Gasteiger partial charge is 0.497 e. The molecule has 3 rings (SSSR count). The lowest BCUT2D eigenvalue weighted by Crippen LogP contribution is -2.25. The summed E-state index contributed by atoms with van der Waals surface area (Å²) >= 11 is 0. The highest BCUT2D eigenvalue weighted by Crippen LogP contribution is 2.47. The lowest BCUT2D eigenvalue weighted by Gasteiger charge is -2.08. The number of carboxylic acids is 1. The van der Waals surface area contributed by atoms with Gasteiger partial charge in [0.2, 0.25) is 5.91 Å². The molecule has 1 aliphatic rings. The van der Waals surface area contributed by atoms with Crippen LogP contribution in [0, 0.1) is 5.92 Å². The monoisotopic (exact) mass is 325 g/mol. The van der Waals surface area contributed by atoms with E-state index < -0.39 is 5.97 Å². The summed E-state index contributed by atoms with van der Waals surface area (Å²) in [5.74, 6) is -0.0370. The van der Waals surface area contributed by atoms with Gasteiger partial charge >= 0.3 is 5.97 Å². The molecule has 124 valence electrons. The second-order valence-electron chi connectivity index (χ2n) is 5.90. The van der Waals surface area contributed by atoms with Crippen molar-refractivity contribution in [3.05, 3.63) is 65.2 Å². The van der Waals surface area contributed by atoms with Crippen LogP contribution in [0.5, 0.6) is 5.75 Å². The number of methoxy groups -OCH3 is 1. The number of amides is 1. The van der Waals surface area contributed by atoms with Gasteiger partial charge in [-0.15, -0.1) is 0 Å². The van der Waals surface area contributed by atoms with E-state index in [2.05, 4.69) is 5.32 Å². The fourth-order valence-electron chi connectivity index (χ4n) is 2.90. The molecule has 0 aromatic heterocycles. The molecule has 2 atom stereocenters. The smallest absolute Gasteiger partial charge is 0.336 e. The summed E-state index contributed by atoms with van der Waals surface area (Å²) in [6.45, 7) is 0.229. The predicted octanol–water partition coefficient (Wildman–Crippen LogP) is 2.81. The third kappa shape index (κ3) is 3.40. The van der Waals surface area contributed by atoms with Gasteiger partial charge < -0.3 is 15.2 Å². The van der Waals surface area contributed by atoms with Gasteiger partial charge in [-0.25, -0.2) is 4.79 Å². The molecule has 0 radical (unpaired) electrons. The van der Waals surface area contributed by atoms with Gasteiger partial charge in [0.1, 0.15) is 5.75 Å². The molecule has 0 spiro atoms. The Bertz CT molecular complexity index is 754. The maximum absolute atomic E-state index is 12.3. The first-order valence-electron chi connectivity index (χ1n) is 7.83. The molecule has 5 heteroatoms. The van der Waals surface area contributed by atoms with Gasteiger partial charge in [0, 0.05) is 12.5 Å². The molecule has 2 N–H and O–H groups in total. The second-order valence-corrected chi connectivity index (χ2v) is 5.90. The molecule has 2 aromatic carbocycles. The molecular weight excluding hydrogens is 306 g/mol. The van der Waals surface area contributed by atoms with Crippen LogP contribution in [-0.2, 0) is 11.3 Å². The standard InChI is InChI=1S/C19H19NO4/c1-24-14-8-6-12(7-9-14)16-10-17(16)18(21)20-11-13-4-2-3-5-15(13)19(22)23/h2-9,16-17H,10-11H2,1H3,(H,20,21)(H,22,23)/t16-,17+/m0/s1. The molecule has 2 aromatic rings. The average molecular weight is 325 g/mol. The third-order valence-corrected chi connectivity index (χ3v) is 4.37. The molecule has 5 nitrogen and oxygen atoms in total. The summed E-state index contributed by atoms with van der Waals surface area (Å²) < 4.78 is 5.13. The van der Waals surface area contributed by atoms with Crippen LogP contribution in [0.25, 0.3) is 0 Å². The number of benzene rings is 2. The number of hydrogen-bond acceptors (Lipinski definition) is 3. The van der Waals surface area contributed by atoms with E-state index in [1.165, 1.54) is 0 Å². The van der Waals surface area contributed by atoms with E-state index >= 15 is 0 Å². The van der Waals surface area contributed by atoms with Gasteiger partial charge in [0.05, 0.1) is 12.7 Å². The molecule has 1 saturated carbocycles. The predicted molar refractivity (Wildman–Crippen MR) is 89.1 cm³/mol. The van der Waals surface area contributed by atoms with Gasteiger partial charge in [-0.2, -0.15) is 0 Å². The number of rotatable bonds is 6. The van der Waals surface area contributed by atoms with Crippen molar-refractivity contribution in [2.75, 3.05) is 7.11 Å². The molecule has 1 amide bonds. The van der Waals surface area contributed by atoms with Crippen LogP contribution >= 0.6 is 0 Å². The summed E-state index contributed by atoms with van der Waals surface area (Å²) in [7, 11) is 1.62. The van der Waals surface area contributed by atoms with Crippen molar-refractivity contribution in [2.24, 2.45) is 5.92 Å². The van der Waals surface area contributed by atoms with E-state index in [9.17, 15) is 9.59 Å². The van der Waals surface area contributed by atoms with Crippen molar-refractivity contribution in [3.8, 4) is 5.75 Å². The summed E-state index contributed by atoms with van der Waals surface area (Å²) in [4.78, 5) is 23.5. The SMILES string of the molecule is COc1ccc([C@@H]2C[C@H]2C(=O)NCc2ccccc2C(=O)O)cc1. The van der Waals surface area contributed by atoms with Crippen molar-refractivity contribution in [1.29, 1.82) is 0 Å². The minimum absolute atomic E-state index is 0.0315. The number of ether oxygens (including phenoxy) is 1. The van der Waals surface area contributed by atoms with Crippen molar-refractivity contribution in [3.63, 3.8) is 0 Å². The van der Waals surface area contributed by atoms with Crippen molar-refractivity contribution in [1.82, 2.24) is 5.32 Å². The van der Waals surface area contributed by atoms with Crippen LogP contribution in [0.4, 0.5) is 0 Å². The van der Waals surface area contributed by atoms with Gasteiger partial charge in [0.25, 0.3) is 0 Å². The Labute approximate surface area is 140 Å². The van der Waals surface area contributed by atoms with Crippen LogP contribution in [0.15, 0.2) is 48.5 Å². The first-order valence-corrected chi connectivity index (χ1v) is 7.83. The Kier molecular flexibility index (Phi) is 4.51. The Morgan fingerprint density at radius 3 is 2.54 bits per heavy atom. The van der Waals surface area contributed by atoms with E-state index in [0.29, 0.717) is 5.56 Å². The fourth-order valence-corrected chi connectivity index (χ4v) is 2.90. The molecule has 0 heterocycles. The van der Waals surface area contributed by atoms with E-state index in [-0.39, 0.29) is 29.9 Å². The second kappa shape index (κ2) is 6.74. The highest BCUT2D eigenvalue weighted by atomic mass is 16.5. The number of carbonyl (C=O) groups excluding carboxylic acids is 1. The zero-order valence-corrected chi connectivity index (χ0v) is 13.4. The lowest BCUT2D eigenvalue weighted by molar-refractivity contribution is -0.122. The molecule has 24 heavy (non-hydrogen) atoms. The Morgan fingerprint density at radius 1 is 1.17 bits per heavy atom. The molecular formula is C19H19NO4. The molecule has 1 aliphatic carbocycles. The summed E-state index contributed by atoms with van der Waals surface area (Å²) in [5, 5.41) is 12.0. The molecule has 0 saturated heterocycles. The number of aromatic carboxylic acids is 1. The van der Waals surface area contributed by atoms with E-state index in [1.54, 1.807) is 31.4 Å². The molecule has 0 bridgehead atoms. The number of carbonyl (C=O) groups is 2. The van der Waals surface area contributed by atoms with Gasteiger partial charge in [0.15, 0.2) is 0 Å². The van der Waals surface area contributed by atoms with E-state index in [0.717, 1.165) is 17.7 Å². The Balaban J connectivity index is 1.58. The maximum Gasteiger partial charge on any atom is 0.336 e. The molecule has 0 aliphatic heterocycles. The fraction of sp³-hybridized carbons (Fsp3) is 0.263. The quantitative estimate of drug-likeness (QED) is 0.856.